The maximum absolute atomic E-state index is 2.55. The van der Waals surface area contributed by atoms with Gasteiger partial charge in [-0.15, -0.1) is 0 Å². The topological polar surface area (TPSA) is 9.86 Å². The average Bonchev–Trinajstić information content (AvgIpc) is 3.64. The lowest BCUT2D eigenvalue weighted by atomic mass is 9.43. The first kappa shape index (κ1) is 20.8. The smallest absolute Gasteiger partial charge is 0.330 e. The van der Waals surface area contributed by atoms with Gasteiger partial charge in [0.1, 0.15) is 0 Å². The molecule has 4 aliphatic heterocycles. The minimum absolute atomic E-state index is 0.167. The average molecular weight is 540 g/mol. The summed E-state index contributed by atoms with van der Waals surface area (Å²) in [4.78, 5) is 5.64. The van der Waals surface area contributed by atoms with E-state index in [0.717, 1.165) is 0 Å². The number of benzene rings is 5. The molecule has 0 atom stereocenters. The van der Waals surface area contributed by atoms with Crippen LogP contribution in [0.25, 0.3) is 44.1 Å². The van der Waals surface area contributed by atoms with Crippen molar-refractivity contribution in [1.82, 2.24) is 8.96 Å². The normalized spacial score (nSPS) is 14.7. The van der Waals surface area contributed by atoms with Crippen LogP contribution in [0.4, 0.5) is 0 Å². The van der Waals surface area contributed by atoms with Gasteiger partial charge < -0.3 is 8.96 Å². The van der Waals surface area contributed by atoms with Gasteiger partial charge in [0.05, 0.1) is 0 Å². The van der Waals surface area contributed by atoms with Crippen LogP contribution in [-0.4, -0.2) is 22.7 Å². The van der Waals surface area contributed by atoms with Gasteiger partial charge in [0.25, 0.3) is 0 Å². The van der Waals surface area contributed by atoms with Gasteiger partial charge in [-0.25, -0.2) is 0 Å². The lowest BCUT2D eigenvalue weighted by Crippen LogP contribution is -2.59. The van der Waals surface area contributed by atoms with E-state index in [9.17, 15) is 0 Å². The molecule has 0 amide bonds. The molecule has 6 heteroatoms. The van der Waals surface area contributed by atoms with E-state index in [2.05, 4.69) is 118 Å². The highest BCUT2D eigenvalue weighted by Gasteiger charge is 2.47. The van der Waals surface area contributed by atoms with Crippen LogP contribution >= 0.6 is 23.5 Å². The van der Waals surface area contributed by atoms with Gasteiger partial charge in [0.15, 0.2) is 0 Å². The monoisotopic (exact) mass is 540 g/mol. The summed E-state index contributed by atoms with van der Waals surface area (Å²) < 4.78 is 5.11. The Kier molecular flexibility index (Phi) is 3.65. The summed E-state index contributed by atoms with van der Waals surface area (Å²) >= 11 is 3.97. The van der Waals surface area contributed by atoms with Crippen molar-refractivity contribution in [2.45, 2.75) is 19.6 Å². The lowest BCUT2D eigenvalue weighted by molar-refractivity contribution is 1.18. The van der Waals surface area contributed by atoms with Crippen LogP contribution in [0.3, 0.4) is 0 Å². The van der Waals surface area contributed by atoms with Gasteiger partial charge in [-0.2, -0.15) is 0 Å². The maximum Gasteiger partial charge on any atom is 0.330 e. The van der Waals surface area contributed by atoms with Crippen molar-refractivity contribution in [2.24, 2.45) is 0 Å². The minimum Gasteiger partial charge on any atom is -0.382 e. The molecule has 4 aliphatic rings. The fourth-order valence-electron chi connectivity index (χ4n) is 8.00. The van der Waals surface area contributed by atoms with Crippen LogP contribution < -0.4 is 21.9 Å². The Morgan fingerprint density at radius 1 is 0.475 bits per heavy atom. The molecular weight excluding hydrogens is 522 g/mol. The van der Waals surface area contributed by atoms with Crippen LogP contribution in [-0.2, 0) is 0 Å². The highest BCUT2D eigenvalue weighted by molar-refractivity contribution is 8.03. The van der Waals surface area contributed by atoms with Crippen molar-refractivity contribution < 1.29 is 0 Å². The molecule has 2 aromatic heterocycles. The molecule has 0 saturated carbocycles. The van der Waals surface area contributed by atoms with E-state index < -0.39 is 0 Å². The van der Waals surface area contributed by atoms with E-state index in [1.165, 1.54) is 85.5 Å². The summed E-state index contributed by atoms with van der Waals surface area (Å²) in [6.07, 6.45) is 4.64. The zero-order chi connectivity index (χ0) is 25.7. The van der Waals surface area contributed by atoms with Gasteiger partial charge in [0, 0.05) is 41.7 Å². The van der Waals surface area contributed by atoms with E-state index in [0.29, 0.717) is 0 Å². The molecule has 11 rings (SSSR count). The van der Waals surface area contributed by atoms with E-state index in [1.807, 2.05) is 23.5 Å². The molecule has 0 bridgehead atoms. The molecule has 0 aliphatic carbocycles. The molecule has 0 unspecified atom stereocenters. The van der Waals surface area contributed by atoms with Crippen molar-refractivity contribution in [1.29, 1.82) is 0 Å². The first-order valence-electron chi connectivity index (χ1n) is 13.8. The zero-order valence-corrected chi connectivity index (χ0v) is 22.9. The molecule has 5 aromatic carbocycles. The maximum atomic E-state index is 2.55. The van der Waals surface area contributed by atoms with Gasteiger partial charge in [-0.1, -0.05) is 96.3 Å². The van der Waals surface area contributed by atoms with Crippen molar-refractivity contribution in [3.8, 4) is 22.3 Å². The van der Waals surface area contributed by atoms with Crippen LogP contribution in [0, 0.1) is 0 Å². The highest BCUT2D eigenvalue weighted by atomic mass is 32.2. The Morgan fingerprint density at radius 2 is 0.950 bits per heavy atom. The van der Waals surface area contributed by atoms with Gasteiger partial charge in [-0.3, -0.25) is 0 Å². The summed E-state index contributed by atoms with van der Waals surface area (Å²) in [5.74, 6) is 0. The van der Waals surface area contributed by atoms with Crippen LogP contribution in [0.1, 0.15) is 0 Å². The molecule has 2 nitrogen and oxygen atoms in total. The molecule has 0 saturated heterocycles. The summed E-state index contributed by atoms with van der Waals surface area (Å²) in [5, 5.41) is 2.64. The fraction of sp³-hybridized carbons (Fsp3) is 0. The number of rotatable bonds is 0. The van der Waals surface area contributed by atoms with Crippen molar-refractivity contribution >= 4 is 80.9 Å². The van der Waals surface area contributed by atoms with Crippen molar-refractivity contribution in [2.75, 3.05) is 0 Å². The Balaban J connectivity index is 1.41. The summed E-state index contributed by atoms with van der Waals surface area (Å²) in [6, 6.07) is 36.5. The third-order valence-electron chi connectivity index (χ3n) is 9.46. The summed E-state index contributed by atoms with van der Waals surface area (Å²) in [7, 11) is 0. The largest absolute Gasteiger partial charge is 0.382 e. The molecule has 0 radical (unpaired) electrons. The van der Waals surface area contributed by atoms with Crippen LogP contribution in [0.15, 0.2) is 129 Å². The van der Waals surface area contributed by atoms with Crippen molar-refractivity contribution in [3.63, 3.8) is 0 Å². The second-order valence-electron chi connectivity index (χ2n) is 11.3. The molecule has 0 N–H and O–H groups in total. The molecule has 7 aromatic rings. The number of nitrogens with zero attached hydrogens (tertiary/aromatic N) is 2. The Bertz CT molecular complexity index is 2150. The first-order chi connectivity index (χ1) is 19.9. The number of para-hydroxylation sites is 2. The minimum atomic E-state index is 0.167. The number of aromatic nitrogens is 2. The molecule has 40 heavy (non-hydrogen) atoms. The number of hydrogen-bond donors (Lipinski definition) is 0. The van der Waals surface area contributed by atoms with E-state index >= 15 is 0 Å². The van der Waals surface area contributed by atoms with E-state index in [4.69, 9.17) is 0 Å². The second-order valence-corrected chi connectivity index (χ2v) is 13.4. The van der Waals surface area contributed by atoms with Gasteiger partial charge >= 0.3 is 13.7 Å². The van der Waals surface area contributed by atoms with Crippen LogP contribution in [0.2, 0.25) is 0 Å². The standard InChI is InChI=1S/C34H18B2N2S2/c1-3-13-25-23(11-1)35-29-27(21-9-5-7-19-15-17-37(35)31(19)21)28-22-10-6-8-20-16-18-38(32(20)22)36-24-12-2-4-14-26(24)40-34(30(28)36)33(29)39-25/h1-18H. The SMILES string of the molecule is c1ccc2c(c1)Sc1c3c4c(c5c1B2n1ccc2cccc-5c21)-c1cccc2ccn(c12)B4c1ccccc1S3. The third-order valence-corrected chi connectivity index (χ3v) is 12.0. The Hall–Kier alpha value is -3.99. The summed E-state index contributed by atoms with van der Waals surface area (Å²) in [5.41, 5.74) is 14.1. The predicted octanol–water partition coefficient (Wildman–Crippen LogP) is 5.79. The third kappa shape index (κ3) is 2.26. The molecular formula is C34H18B2N2S2. The van der Waals surface area contributed by atoms with Crippen LogP contribution in [0.5, 0.6) is 0 Å². The quantitative estimate of drug-likeness (QED) is 0.225. The first-order valence-corrected chi connectivity index (χ1v) is 15.5. The van der Waals surface area contributed by atoms with Gasteiger partial charge in [0.2, 0.25) is 0 Å². The molecule has 182 valence electrons. The number of hydrogen-bond acceptors (Lipinski definition) is 2. The fourth-order valence-corrected chi connectivity index (χ4v) is 10.6. The second kappa shape index (κ2) is 7.01. The molecule has 6 heterocycles. The predicted molar refractivity (Wildman–Crippen MR) is 170 cm³/mol. The summed E-state index contributed by atoms with van der Waals surface area (Å²) in [6.45, 7) is 0.334. The highest BCUT2D eigenvalue weighted by Crippen LogP contribution is 2.51. The van der Waals surface area contributed by atoms with E-state index in [1.54, 1.807) is 0 Å². The van der Waals surface area contributed by atoms with E-state index in [-0.39, 0.29) is 13.7 Å². The Labute approximate surface area is 240 Å². The lowest BCUT2D eigenvalue weighted by Gasteiger charge is -2.41. The Morgan fingerprint density at radius 3 is 1.45 bits per heavy atom. The molecule has 0 fully saturated rings. The number of fused-ring (bicyclic) bond motifs is 10. The van der Waals surface area contributed by atoms with Crippen molar-refractivity contribution in [3.05, 3.63) is 109 Å². The zero-order valence-electron chi connectivity index (χ0n) is 21.3. The van der Waals surface area contributed by atoms with Gasteiger partial charge in [-0.05, 0) is 80.4 Å². The molecule has 0 spiro atoms.